The molecule has 2 N–H and O–H groups in total. The predicted octanol–water partition coefficient (Wildman–Crippen LogP) is 3.02. The van der Waals surface area contributed by atoms with Crippen LogP contribution in [0.4, 0.5) is 16.3 Å². The Morgan fingerprint density at radius 1 is 1.12 bits per heavy atom. The van der Waals surface area contributed by atoms with Gasteiger partial charge in [0.25, 0.3) is 0 Å². The highest BCUT2D eigenvalue weighted by Crippen LogP contribution is 2.23. The van der Waals surface area contributed by atoms with Gasteiger partial charge in [0.05, 0.1) is 11.6 Å². The Kier molecular flexibility index (Phi) is 3.70. The summed E-state index contributed by atoms with van der Waals surface area (Å²) in [6, 6.07) is 16.0. The molecule has 6 nitrogen and oxygen atoms in total. The van der Waals surface area contributed by atoms with Gasteiger partial charge in [0, 0.05) is 11.1 Å². The van der Waals surface area contributed by atoms with Gasteiger partial charge in [0.2, 0.25) is 0 Å². The van der Waals surface area contributed by atoms with Crippen LogP contribution in [0, 0.1) is 0 Å². The molecule has 6 heteroatoms. The second-order valence-corrected chi connectivity index (χ2v) is 5.71. The molecule has 0 saturated carbocycles. The van der Waals surface area contributed by atoms with Crippen molar-refractivity contribution >= 4 is 28.5 Å². The van der Waals surface area contributed by atoms with E-state index in [2.05, 4.69) is 20.6 Å². The molecule has 120 valence electrons. The third-order valence-electron chi connectivity index (χ3n) is 3.98. The number of carbonyl (C=O) groups excluding carboxylic acids is 1. The molecule has 0 aliphatic carbocycles. The molecule has 1 atom stereocenters. The van der Waals surface area contributed by atoms with E-state index >= 15 is 0 Å². The summed E-state index contributed by atoms with van der Waals surface area (Å²) in [6.07, 6.45) is 1.97. The number of alkyl carbamates (subject to hydrolysis) is 1. The third kappa shape index (κ3) is 2.99. The lowest BCUT2D eigenvalue weighted by Crippen LogP contribution is -2.28. The predicted molar refractivity (Wildman–Crippen MR) is 91.2 cm³/mol. The highest BCUT2D eigenvalue weighted by molar-refractivity contribution is 5.90. The topological polar surface area (TPSA) is 76.1 Å². The zero-order valence-corrected chi connectivity index (χ0v) is 12.9. The van der Waals surface area contributed by atoms with E-state index in [1.165, 1.54) is 0 Å². The van der Waals surface area contributed by atoms with Crippen LogP contribution in [0.1, 0.15) is 5.56 Å². The van der Waals surface area contributed by atoms with Crippen LogP contribution < -0.4 is 10.6 Å². The van der Waals surface area contributed by atoms with Crippen molar-refractivity contribution < 1.29 is 9.53 Å². The van der Waals surface area contributed by atoms with Gasteiger partial charge in [-0.25, -0.2) is 14.8 Å². The lowest BCUT2D eigenvalue weighted by molar-refractivity contribution is 0.177. The van der Waals surface area contributed by atoms with Crippen molar-refractivity contribution in [2.75, 3.05) is 11.9 Å². The molecule has 3 aromatic rings. The van der Waals surface area contributed by atoms with Gasteiger partial charge in [-0.15, -0.1) is 0 Å². The second-order valence-electron chi connectivity index (χ2n) is 5.71. The number of anilines is 2. The zero-order chi connectivity index (χ0) is 16.4. The van der Waals surface area contributed by atoms with E-state index in [-0.39, 0.29) is 12.1 Å². The molecule has 24 heavy (non-hydrogen) atoms. The smallest absolute Gasteiger partial charge is 0.407 e. The summed E-state index contributed by atoms with van der Waals surface area (Å²) in [5.41, 5.74) is 3.00. The standard InChI is InChI=1S/C18H16N4O2/c23-18-22-14(10-24-18)9-12-5-7-13(8-6-12)21-17-15-3-1-2-4-16(15)19-11-20-17/h1-8,11,14H,9-10H2,(H,22,23)(H,19,20,21). The molecular formula is C18H16N4O2. The number of fused-ring (bicyclic) bond motifs is 1. The summed E-state index contributed by atoms with van der Waals surface area (Å²) in [6.45, 7) is 0.422. The highest BCUT2D eigenvalue weighted by Gasteiger charge is 2.21. The van der Waals surface area contributed by atoms with E-state index in [1.807, 2.05) is 48.5 Å². The van der Waals surface area contributed by atoms with Crippen LogP contribution >= 0.6 is 0 Å². The van der Waals surface area contributed by atoms with Crippen LogP contribution in [0.2, 0.25) is 0 Å². The van der Waals surface area contributed by atoms with Crippen LogP contribution in [-0.2, 0) is 11.2 Å². The molecule has 1 unspecified atom stereocenters. The van der Waals surface area contributed by atoms with E-state index in [0.29, 0.717) is 6.61 Å². The molecule has 1 aliphatic rings. The molecule has 2 aromatic carbocycles. The van der Waals surface area contributed by atoms with Gasteiger partial charge in [-0.05, 0) is 36.2 Å². The number of cyclic esters (lactones) is 1. The van der Waals surface area contributed by atoms with Crippen molar-refractivity contribution in [3.8, 4) is 0 Å². The first-order valence-corrected chi connectivity index (χ1v) is 7.77. The van der Waals surface area contributed by atoms with E-state index in [1.54, 1.807) is 6.33 Å². The fraction of sp³-hybridized carbons (Fsp3) is 0.167. The van der Waals surface area contributed by atoms with E-state index in [9.17, 15) is 4.79 Å². The van der Waals surface area contributed by atoms with E-state index in [0.717, 1.165) is 34.4 Å². The highest BCUT2D eigenvalue weighted by atomic mass is 16.6. The molecule has 0 spiro atoms. The van der Waals surface area contributed by atoms with Crippen molar-refractivity contribution in [3.05, 3.63) is 60.4 Å². The van der Waals surface area contributed by atoms with E-state index in [4.69, 9.17) is 4.74 Å². The number of benzene rings is 2. The molecule has 1 saturated heterocycles. The number of amides is 1. The zero-order valence-electron chi connectivity index (χ0n) is 12.9. The first-order valence-electron chi connectivity index (χ1n) is 7.77. The average molecular weight is 320 g/mol. The Hall–Kier alpha value is -3.15. The molecule has 0 bridgehead atoms. The first kappa shape index (κ1) is 14.4. The van der Waals surface area contributed by atoms with Gasteiger partial charge in [-0.3, -0.25) is 0 Å². The number of carbonyl (C=O) groups is 1. The Balaban J connectivity index is 1.49. The van der Waals surface area contributed by atoms with Gasteiger partial charge < -0.3 is 15.4 Å². The van der Waals surface area contributed by atoms with Crippen molar-refractivity contribution in [1.82, 2.24) is 15.3 Å². The van der Waals surface area contributed by atoms with Gasteiger partial charge in [0.1, 0.15) is 18.8 Å². The monoisotopic (exact) mass is 320 g/mol. The van der Waals surface area contributed by atoms with Crippen molar-refractivity contribution in [2.24, 2.45) is 0 Å². The second kappa shape index (κ2) is 6.16. The number of rotatable bonds is 4. The maximum atomic E-state index is 11.1. The number of aromatic nitrogens is 2. The van der Waals surface area contributed by atoms with Crippen LogP contribution in [0.25, 0.3) is 10.9 Å². The van der Waals surface area contributed by atoms with E-state index < -0.39 is 0 Å². The third-order valence-corrected chi connectivity index (χ3v) is 3.98. The molecule has 0 radical (unpaired) electrons. The summed E-state index contributed by atoms with van der Waals surface area (Å²) in [5, 5.41) is 7.09. The summed E-state index contributed by atoms with van der Waals surface area (Å²) in [7, 11) is 0. The largest absolute Gasteiger partial charge is 0.447 e. The normalized spacial score (nSPS) is 16.7. The summed E-state index contributed by atoms with van der Waals surface area (Å²) >= 11 is 0. The number of hydrogen-bond donors (Lipinski definition) is 2. The molecule has 2 heterocycles. The summed E-state index contributed by atoms with van der Waals surface area (Å²) in [5.74, 6) is 0.782. The van der Waals surface area contributed by atoms with Gasteiger partial charge in [-0.2, -0.15) is 0 Å². The molecule has 1 amide bonds. The average Bonchev–Trinajstić information content (AvgIpc) is 3.02. The lowest BCUT2D eigenvalue weighted by atomic mass is 10.1. The Morgan fingerprint density at radius 3 is 2.75 bits per heavy atom. The molecular weight excluding hydrogens is 304 g/mol. The maximum Gasteiger partial charge on any atom is 0.407 e. The Morgan fingerprint density at radius 2 is 1.96 bits per heavy atom. The number of nitrogens with zero attached hydrogens (tertiary/aromatic N) is 2. The summed E-state index contributed by atoms with van der Waals surface area (Å²) < 4.78 is 4.90. The quantitative estimate of drug-likeness (QED) is 0.773. The van der Waals surface area contributed by atoms with Gasteiger partial charge in [0.15, 0.2) is 0 Å². The van der Waals surface area contributed by atoms with Crippen LogP contribution in [0.5, 0.6) is 0 Å². The van der Waals surface area contributed by atoms with Crippen molar-refractivity contribution in [2.45, 2.75) is 12.5 Å². The molecule has 1 aliphatic heterocycles. The van der Waals surface area contributed by atoms with Crippen LogP contribution in [0.3, 0.4) is 0 Å². The Labute approximate surface area is 138 Å². The first-order chi connectivity index (χ1) is 11.8. The fourth-order valence-corrected chi connectivity index (χ4v) is 2.79. The van der Waals surface area contributed by atoms with Crippen LogP contribution in [-0.4, -0.2) is 28.7 Å². The SMILES string of the molecule is O=C1NC(Cc2ccc(Nc3ncnc4ccccc34)cc2)CO1. The number of hydrogen-bond acceptors (Lipinski definition) is 5. The minimum Gasteiger partial charge on any atom is -0.447 e. The van der Waals surface area contributed by atoms with Crippen molar-refractivity contribution in [1.29, 1.82) is 0 Å². The maximum absolute atomic E-state index is 11.1. The lowest BCUT2D eigenvalue weighted by Gasteiger charge is -2.10. The minimum atomic E-state index is -0.339. The fourth-order valence-electron chi connectivity index (χ4n) is 2.79. The summed E-state index contributed by atoms with van der Waals surface area (Å²) in [4.78, 5) is 19.6. The number of para-hydroxylation sites is 1. The minimum absolute atomic E-state index is 0.0436. The Bertz CT molecular complexity index is 874. The molecule has 4 rings (SSSR count). The number of nitrogens with one attached hydrogen (secondary N) is 2. The van der Waals surface area contributed by atoms with Crippen LogP contribution in [0.15, 0.2) is 54.9 Å². The molecule has 1 aromatic heterocycles. The number of ether oxygens (including phenoxy) is 1. The van der Waals surface area contributed by atoms with Gasteiger partial charge in [-0.1, -0.05) is 24.3 Å². The molecule has 1 fully saturated rings. The van der Waals surface area contributed by atoms with Crippen molar-refractivity contribution in [3.63, 3.8) is 0 Å². The van der Waals surface area contributed by atoms with Gasteiger partial charge >= 0.3 is 6.09 Å².